The molecule has 3 aromatic carbocycles. The van der Waals surface area contributed by atoms with Crippen LogP contribution in [0.1, 0.15) is 5.56 Å². The summed E-state index contributed by atoms with van der Waals surface area (Å²) < 4.78 is 5.68. The summed E-state index contributed by atoms with van der Waals surface area (Å²) in [7, 11) is 0. The fourth-order valence-electron chi connectivity index (χ4n) is 3.66. The molecule has 0 radical (unpaired) electrons. The van der Waals surface area contributed by atoms with E-state index in [-0.39, 0.29) is 5.63 Å². The number of hydrogen-bond donors (Lipinski definition) is 0. The first-order valence-electron chi connectivity index (χ1n) is 9.20. The molecule has 0 N–H and O–H groups in total. The number of hydrogen-bond acceptors (Lipinski definition) is 3. The SMILES string of the molecule is Cc1ccc2nc3oc(=O)c(-c4ccccc4)cc3c(-c3ccccc3)c2c1. The van der Waals surface area contributed by atoms with Gasteiger partial charge in [0, 0.05) is 16.3 Å². The number of rotatable bonds is 2. The largest absolute Gasteiger partial charge is 0.403 e. The van der Waals surface area contributed by atoms with Gasteiger partial charge in [-0.3, -0.25) is 0 Å². The monoisotopic (exact) mass is 363 g/mol. The lowest BCUT2D eigenvalue weighted by atomic mass is 9.95. The molecule has 3 heteroatoms. The number of fused-ring (bicyclic) bond motifs is 2. The maximum absolute atomic E-state index is 12.7. The van der Waals surface area contributed by atoms with Crippen molar-refractivity contribution < 1.29 is 4.42 Å². The summed E-state index contributed by atoms with van der Waals surface area (Å²) in [5.74, 6) is 0. The van der Waals surface area contributed by atoms with E-state index in [1.54, 1.807) is 0 Å². The van der Waals surface area contributed by atoms with E-state index in [1.165, 1.54) is 0 Å². The second-order valence-corrected chi connectivity index (χ2v) is 6.91. The zero-order valence-corrected chi connectivity index (χ0v) is 15.3. The molecular weight excluding hydrogens is 346 g/mol. The maximum Gasteiger partial charge on any atom is 0.345 e. The maximum atomic E-state index is 12.7. The number of pyridine rings is 1. The molecule has 3 nitrogen and oxygen atoms in total. The summed E-state index contributed by atoms with van der Waals surface area (Å²) in [6.45, 7) is 2.07. The van der Waals surface area contributed by atoms with Crippen molar-refractivity contribution in [2.75, 3.05) is 0 Å². The molecule has 0 atom stereocenters. The van der Waals surface area contributed by atoms with Gasteiger partial charge in [-0.2, -0.15) is 0 Å². The van der Waals surface area contributed by atoms with Gasteiger partial charge in [0.2, 0.25) is 5.71 Å². The highest BCUT2D eigenvalue weighted by Crippen LogP contribution is 2.36. The number of benzene rings is 3. The van der Waals surface area contributed by atoms with E-state index < -0.39 is 0 Å². The van der Waals surface area contributed by atoms with Gasteiger partial charge in [0.1, 0.15) is 0 Å². The average Bonchev–Trinajstić information content (AvgIpc) is 2.73. The molecule has 0 saturated carbocycles. The van der Waals surface area contributed by atoms with E-state index in [9.17, 15) is 4.79 Å². The number of nitrogens with zero attached hydrogens (tertiary/aromatic N) is 1. The van der Waals surface area contributed by atoms with Crippen LogP contribution in [0.4, 0.5) is 0 Å². The van der Waals surface area contributed by atoms with Crippen LogP contribution in [0.15, 0.2) is 94.1 Å². The van der Waals surface area contributed by atoms with Gasteiger partial charge in [0.05, 0.1) is 11.1 Å². The zero-order chi connectivity index (χ0) is 19.1. The molecule has 28 heavy (non-hydrogen) atoms. The van der Waals surface area contributed by atoms with Gasteiger partial charge >= 0.3 is 5.63 Å². The zero-order valence-electron chi connectivity index (χ0n) is 15.3. The first-order valence-corrected chi connectivity index (χ1v) is 9.20. The first kappa shape index (κ1) is 16.5. The second-order valence-electron chi connectivity index (χ2n) is 6.91. The molecule has 2 aromatic heterocycles. The lowest BCUT2D eigenvalue weighted by molar-refractivity contribution is 0.553. The van der Waals surface area contributed by atoms with Crippen molar-refractivity contribution in [3.63, 3.8) is 0 Å². The molecule has 0 amide bonds. The van der Waals surface area contributed by atoms with Gasteiger partial charge in [-0.1, -0.05) is 72.3 Å². The molecule has 0 aliphatic rings. The molecule has 0 aliphatic heterocycles. The second kappa shape index (κ2) is 6.46. The fourth-order valence-corrected chi connectivity index (χ4v) is 3.66. The van der Waals surface area contributed by atoms with Crippen LogP contribution in [-0.2, 0) is 0 Å². The minimum absolute atomic E-state index is 0.361. The Morgan fingerprint density at radius 2 is 1.43 bits per heavy atom. The third-order valence-corrected chi connectivity index (χ3v) is 4.99. The lowest BCUT2D eigenvalue weighted by Gasteiger charge is -2.12. The summed E-state index contributed by atoms with van der Waals surface area (Å²) in [6.07, 6.45) is 0. The lowest BCUT2D eigenvalue weighted by Crippen LogP contribution is -2.04. The van der Waals surface area contributed by atoms with Crippen LogP contribution in [0.2, 0.25) is 0 Å². The predicted molar refractivity (Wildman–Crippen MR) is 113 cm³/mol. The Hall–Kier alpha value is -3.72. The van der Waals surface area contributed by atoms with Crippen LogP contribution in [0, 0.1) is 6.92 Å². The van der Waals surface area contributed by atoms with Gasteiger partial charge in [0.15, 0.2) is 0 Å². The molecule has 5 rings (SSSR count). The molecule has 0 spiro atoms. The third-order valence-electron chi connectivity index (χ3n) is 4.99. The Labute approximate surface area is 161 Å². The minimum atomic E-state index is -0.378. The van der Waals surface area contributed by atoms with Crippen molar-refractivity contribution in [2.45, 2.75) is 6.92 Å². The number of aryl methyl sites for hydroxylation is 1. The van der Waals surface area contributed by atoms with Gasteiger partial charge in [0.25, 0.3) is 0 Å². The summed E-state index contributed by atoms with van der Waals surface area (Å²) in [5, 5.41) is 1.88. The molecule has 0 fully saturated rings. The highest BCUT2D eigenvalue weighted by molar-refractivity contribution is 6.09. The van der Waals surface area contributed by atoms with Crippen molar-refractivity contribution in [1.29, 1.82) is 0 Å². The summed E-state index contributed by atoms with van der Waals surface area (Å²) in [5.41, 5.74) is 5.43. The van der Waals surface area contributed by atoms with E-state index in [2.05, 4.69) is 30.1 Å². The van der Waals surface area contributed by atoms with Crippen LogP contribution in [0.3, 0.4) is 0 Å². The van der Waals surface area contributed by atoms with Crippen LogP contribution in [-0.4, -0.2) is 4.98 Å². The van der Waals surface area contributed by atoms with Crippen molar-refractivity contribution in [3.05, 3.63) is 101 Å². The van der Waals surface area contributed by atoms with E-state index in [0.717, 1.165) is 38.5 Å². The summed E-state index contributed by atoms with van der Waals surface area (Å²) >= 11 is 0. The standard InChI is InChI=1S/C25H17NO2/c1-16-12-13-22-20(14-16)23(18-10-6-3-7-11-18)21-15-19(17-8-4-2-5-9-17)25(27)28-24(21)26-22/h2-15H,1H3. The summed E-state index contributed by atoms with van der Waals surface area (Å²) in [4.78, 5) is 17.3. The Kier molecular flexibility index (Phi) is 3.80. The van der Waals surface area contributed by atoms with Crippen LogP contribution < -0.4 is 5.63 Å². The summed E-state index contributed by atoms with van der Waals surface area (Å²) in [6, 6.07) is 27.8. The Morgan fingerprint density at radius 1 is 0.750 bits per heavy atom. The Bertz CT molecular complexity index is 1370. The Morgan fingerprint density at radius 3 is 2.14 bits per heavy atom. The van der Waals surface area contributed by atoms with Gasteiger partial charge < -0.3 is 4.42 Å². The van der Waals surface area contributed by atoms with Gasteiger partial charge in [-0.05, 0) is 36.2 Å². The molecule has 0 bridgehead atoms. The van der Waals surface area contributed by atoms with Crippen molar-refractivity contribution in [2.24, 2.45) is 0 Å². The topological polar surface area (TPSA) is 43.1 Å². The molecule has 0 aliphatic carbocycles. The molecule has 134 valence electrons. The predicted octanol–water partition coefficient (Wildman–Crippen LogP) is 5.98. The minimum Gasteiger partial charge on any atom is -0.403 e. The highest BCUT2D eigenvalue weighted by atomic mass is 16.4. The van der Waals surface area contributed by atoms with E-state index in [4.69, 9.17) is 4.42 Å². The van der Waals surface area contributed by atoms with Crippen molar-refractivity contribution in [3.8, 4) is 22.3 Å². The molecule has 0 saturated heterocycles. The molecule has 2 heterocycles. The quantitative estimate of drug-likeness (QED) is 0.362. The van der Waals surface area contributed by atoms with Gasteiger partial charge in [-0.25, -0.2) is 9.78 Å². The van der Waals surface area contributed by atoms with Crippen LogP contribution in [0.25, 0.3) is 44.3 Å². The van der Waals surface area contributed by atoms with Gasteiger partial charge in [-0.15, -0.1) is 0 Å². The van der Waals surface area contributed by atoms with E-state index in [0.29, 0.717) is 11.3 Å². The highest BCUT2D eigenvalue weighted by Gasteiger charge is 2.16. The smallest absolute Gasteiger partial charge is 0.345 e. The molecular formula is C25H17NO2. The van der Waals surface area contributed by atoms with Crippen LogP contribution in [0.5, 0.6) is 0 Å². The first-order chi connectivity index (χ1) is 13.7. The molecule has 0 unspecified atom stereocenters. The van der Waals surface area contributed by atoms with Crippen molar-refractivity contribution in [1.82, 2.24) is 4.98 Å². The van der Waals surface area contributed by atoms with E-state index >= 15 is 0 Å². The normalized spacial score (nSPS) is 11.2. The Balaban J connectivity index is 1.95. The van der Waals surface area contributed by atoms with Crippen LogP contribution >= 0.6 is 0 Å². The average molecular weight is 363 g/mol. The third kappa shape index (κ3) is 2.69. The molecule has 5 aromatic rings. The number of aromatic nitrogens is 1. The van der Waals surface area contributed by atoms with E-state index in [1.807, 2.05) is 66.7 Å². The fraction of sp³-hybridized carbons (Fsp3) is 0.0400. The van der Waals surface area contributed by atoms with Crippen molar-refractivity contribution >= 4 is 22.0 Å².